The van der Waals surface area contributed by atoms with E-state index in [4.69, 9.17) is 18.6 Å². The molecule has 0 saturated heterocycles. The normalized spacial score (nSPS) is 14.4. The third-order valence-electron chi connectivity index (χ3n) is 4.42. The van der Waals surface area contributed by atoms with Gasteiger partial charge in [-0.25, -0.2) is 0 Å². The summed E-state index contributed by atoms with van der Waals surface area (Å²) in [6, 6.07) is 11.7. The molecule has 2 aromatic heterocycles. The lowest BCUT2D eigenvalue weighted by Gasteiger charge is -2.21. The second kappa shape index (κ2) is 7.56. The summed E-state index contributed by atoms with van der Waals surface area (Å²) in [6.07, 6.45) is 0. The third-order valence-corrected chi connectivity index (χ3v) is 5.27. The number of furan rings is 1. The molecule has 0 bridgehead atoms. The number of ether oxygens (including phenoxy) is 3. The van der Waals surface area contributed by atoms with Gasteiger partial charge in [0.15, 0.2) is 11.5 Å². The largest absolute Gasteiger partial charge is 0.488 e. The number of benzene rings is 1. The SMILES string of the molecule is CC(=O)OC1=C(C)COC(c2cc3cc(OCc4cccs4)ccc3o2)=C1C. The molecule has 1 aliphatic heterocycles. The topological polar surface area (TPSA) is 57.9 Å². The molecular formula is C22H20O5S. The maximum Gasteiger partial charge on any atom is 0.308 e. The maximum atomic E-state index is 11.4. The van der Waals surface area contributed by atoms with Crippen LogP contribution in [0.3, 0.4) is 0 Å². The number of thiophene rings is 1. The van der Waals surface area contributed by atoms with Gasteiger partial charge in [-0.05, 0) is 49.6 Å². The first kappa shape index (κ1) is 18.4. The Kier molecular flexibility index (Phi) is 4.96. The van der Waals surface area contributed by atoms with Gasteiger partial charge in [-0.15, -0.1) is 11.3 Å². The zero-order valence-corrected chi connectivity index (χ0v) is 16.7. The molecule has 0 aliphatic carbocycles. The van der Waals surface area contributed by atoms with E-state index < -0.39 is 0 Å². The van der Waals surface area contributed by atoms with Crippen molar-refractivity contribution in [1.82, 2.24) is 0 Å². The molecule has 0 unspecified atom stereocenters. The van der Waals surface area contributed by atoms with E-state index in [2.05, 4.69) is 0 Å². The van der Waals surface area contributed by atoms with Crippen LogP contribution in [0.2, 0.25) is 0 Å². The Morgan fingerprint density at radius 3 is 2.82 bits per heavy atom. The lowest BCUT2D eigenvalue weighted by Crippen LogP contribution is -2.13. The van der Waals surface area contributed by atoms with Crippen LogP contribution in [-0.2, 0) is 20.9 Å². The van der Waals surface area contributed by atoms with E-state index in [0.29, 0.717) is 30.5 Å². The third kappa shape index (κ3) is 3.68. The molecule has 0 radical (unpaired) electrons. The maximum absolute atomic E-state index is 11.4. The van der Waals surface area contributed by atoms with Gasteiger partial charge < -0.3 is 18.6 Å². The van der Waals surface area contributed by atoms with Crippen LogP contribution in [0.1, 0.15) is 31.4 Å². The first-order valence-electron chi connectivity index (χ1n) is 8.92. The Labute approximate surface area is 166 Å². The molecule has 6 heteroatoms. The lowest BCUT2D eigenvalue weighted by molar-refractivity contribution is -0.136. The zero-order valence-electron chi connectivity index (χ0n) is 15.9. The van der Waals surface area contributed by atoms with Gasteiger partial charge >= 0.3 is 5.97 Å². The fraction of sp³-hybridized carbons (Fsp3) is 0.227. The van der Waals surface area contributed by atoms with Gasteiger partial charge in [0.25, 0.3) is 0 Å². The van der Waals surface area contributed by atoms with Crippen LogP contribution in [-0.4, -0.2) is 12.6 Å². The van der Waals surface area contributed by atoms with Gasteiger partial charge in [0.05, 0.1) is 0 Å². The molecule has 0 saturated carbocycles. The summed E-state index contributed by atoms with van der Waals surface area (Å²) in [6.45, 7) is 6.02. The van der Waals surface area contributed by atoms with E-state index >= 15 is 0 Å². The number of hydrogen-bond donors (Lipinski definition) is 0. The molecule has 1 aromatic carbocycles. The van der Waals surface area contributed by atoms with Crippen molar-refractivity contribution in [2.75, 3.05) is 6.61 Å². The number of fused-ring (bicyclic) bond motifs is 1. The Morgan fingerprint density at radius 1 is 1.21 bits per heavy atom. The first-order chi connectivity index (χ1) is 13.5. The van der Waals surface area contributed by atoms with Crippen molar-refractivity contribution in [3.8, 4) is 5.75 Å². The van der Waals surface area contributed by atoms with Crippen molar-refractivity contribution in [2.45, 2.75) is 27.4 Å². The van der Waals surface area contributed by atoms with Gasteiger partial charge in [-0.1, -0.05) is 6.07 Å². The molecule has 144 valence electrons. The van der Waals surface area contributed by atoms with Crippen LogP contribution in [0.4, 0.5) is 0 Å². The molecule has 5 nitrogen and oxygen atoms in total. The quantitative estimate of drug-likeness (QED) is 0.520. The number of rotatable bonds is 5. The van der Waals surface area contributed by atoms with Crippen LogP contribution >= 0.6 is 11.3 Å². The van der Waals surface area contributed by atoms with Crippen molar-refractivity contribution < 1.29 is 23.4 Å². The summed E-state index contributed by atoms with van der Waals surface area (Å²) in [5.74, 6) is 2.15. The number of allylic oxidation sites excluding steroid dienone is 1. The number of hydrogen-bond acceptors (Lipinski definition) is 6. The summed E-state index contributed by atoms with van der Waals surface area (Å²) >= 11 is 1.67. The molecule has 0 atom stereocenters. The van der Waals surface area contributed by atoms with Gasteiger partial charge in [-0.3, -0.25) is 4.79 Å². The van der Waals surface area contributed by atoms with E-state index in [1.807, 2.05) is 55.6 Å². The smallest absolute Gasteiger partial charge is 0.308 e. The molecule has 3 aromatic rings. The molecule has 3 heterocycles. The monoisotopic (exact) mass is 396 g/mol. The Bertz CT molecular complexity index is 1090. The van der Waals surface area contributed by atoms with Crippen LogP contribution in [0.15, 0.2) is 63.1 Å². The average molecular weight is 396 g/mol. The zero-order chi connectivity index (χ0) is 19.7. The van der Waals surface area contributed by atoms with E-state index in [1.165, 1.54) is 11.8 Å². The first-order valence-corrected chi connectivity index (χ1v) is 9.80. The second-order valence-electron chi connectivity index (χ2n) is 6.62. The Morgan fingerprint density at radius 2 is 2.07 bits per heavy atom. The molecule has 28 heavy (non-hydrogen) atoms. The van der Waals surface area contributed by atoms with Crippen molar-refractivity contribution in [3.63, 3.8) is 0 Å². The van der Waals surface area contributed by atoms with E-state index in [1.54, 1.807) is 11.3 Å². The lowest BCUT2D eigenvalue weighted by atomic mass is 10.1. The van der Waals surface area contributed by atoms with E-state index in [0.717, 1.165) is 27.9 Å². The molecule has 4 rings (SSSR count). The van der Waals surface area contributed by atoms with Crippen molar-refractivity contribution in [1.29, 1.82) is 0 Å². The molecular weight excluding hydrogens is 376 g/mol. The van der Waals surface area contributed by atoms with Crippen LogP contribution < -0.4 is 4.74 Å². The summed E-state index contributed by atoms with van der Waals surface area (Å²) in [7, 11) is 0. The average Bonchev–Trinajstić information content (AvgIpc) is 3.32. The van der Waals surface area contributed by atoms with Gasteiger partial charge in [0.1, 0.15) is 30.3 Å². The van der Waals surface area contributed by atoms with E-state index in [9.17, 15) is 4.79 Å². The summed E-state index contributed by atoms with van der Waals surface area (Å²) < 4.78 is 23.1. The Hall–Kier alpha value is -2.99. The minimum atomic E-state index is -0.355. The minimum absolute atomic E-state index is 0.349. The fourth-order valence-electron chi connectivity index (χ4n) is 3.11. The van der Waals surface area contributed by atoms with Crippen molar-refractivity contribution in [2.24, 2.45) is 0 Å². The van der Waals surface area contributed by atoms with Gasteiger partial charge in [0.2, 0.25) is 0 Å². The van der Waals surface area contributed by atoms with Gasteiger partial charge in [0, 0.05) is 28.3 Å². The number of carbonyl (C=O) groups is 1. The molecule has 0 fully saturated rings. The highest BCUT2D eigenvalue weighted by atomic mass is 32.1. The van der Waals surface area contributed by atoms with Crippen LogP contribution in [0, 0.1) is 0 Å². The van der Waals surface area contributed by atoms with Gasteiger partial charge in [-0.2, -0.15) is 0 Å². The molecule has 0 spiro atoms. The summed E-state index contributed by atoms with van der Waals surface area (Å²) in [5.41, 5.74) is 2.35. The molecule has 0 amide bonds. The Balaban J connectivity index is 1.62. The number of esters is 1. The summed E-state index contributed by atoms with van der Waals surface area (Å²) in [4.78, 5) is 12.6. The standard InChI is InChI=1S/C22H20O5S/c1-13-11-25-22(14(2)21(13)26-15(3)23)20-10-16-9-17(6-7-19(16)27-20)24-12-18-5-4-8-28-18/h4-10H,11-12H2,1-3H3. The summed E-state index contributed by atoms with van der Waals surface area (Å²) in [5, 5.41) is 2.95. The minimum Gasteiger partial charge on any atom is -0.488 e. The van der Waals surface area contributed by atoms with Crippen molar-refractivity contribution in [3.05, 3.63) is 69.3 Å². The second-order valence-corrected chi connectivity index (χ2v) is 7.66. The highest BCUT2D eigenvalue weighted by Gasteiger charge is 2.24. The fourth-order valence-corrected chi connectivity index (χ4v) is 3.73. The predicted octanol–water partition coefficient (Wildman–Crippen LogP) is 5.67. The van der Waals surface area contributed by atoms with E-state index in [-0.39, 0.29) is 5.97 Å². The highest BCUT2D eigenvalue weighted by molar-refractivity contribution is 7.09. The highest BCUT2D eigenvalue weighted by Crippen LogP contribution is 2.35. The molecule has 1 aliphatic rings. The van der Waals surface area contributed by atoms with Crippen molar-refractivity contribution >= 4 is 34.0 Å². The predicted molar refractivity (Wildman–Crippen MR) is 108 cm³/mol. The molecule has 0 N–H and O–H groups in total. The van der Waals surface area contributed by atoms with Crippen LogP contribution in [0.25, 0.3) is 16.7 Å². The van der Waals surface area contributed by atoms with Crippen LogP contribution in [0.5, 0.6) is 5.75 Å². The number of carbonyl (C=O) groups excluding carboxylic acids is 1.